The fourth-order valence-electron chi connectivity index (χ4n) is 5.83. The van der Waals surface area contributed by atoms with Gasteiger partial charge in [0, 0.05) is 60.9 Å². The number of aromatic nitrogens is 4. The van der Waals surface area contributed by atoms with Crippen LogP contribution in [0.1, 0.15) is 88.2 Å². The summed E-state index contributed by atoms with van der Waals surface area (Å²) in [6, 6.07) is 10.8. The molecule has 0 aliphatic carbocycles. The summed E-state index contributed by atoms with van der Waals surface area (Å²) >= 11 is 0. The van der Waals surface area contributed by atoms with Gasteiger partial charge >= 0.3 is 0 Å². The number of ketones is 2. The third-order valence-electron chi connectivity index (χ3n) is 8.91. The first kappa shape index (κ1) is 38.1. The van der Waals surface area contributed by atoms with E-state index in [1.807, 2.05) is 39.8 Å². The highest BCUT2D eigenvalue weighted by Gasteiger charge is 2.25. The molecule has 0 radical (unpaired) electrons. The minimum Gasteiger partial charge on any atom is -0.497 e. The van der Waals surface area contributed by atoms with Crippen LogP contribution in [-0.4, -0.2) is 93.1 Å². The zero-order chi connectivity index (χ0) is 36.5. The minimum absolute atomic E-state index is 0.0601. The molecule has 2 aromatic carbocycles. The maximum atomic E-state index is 13.9. The second kappa shape index (κ2) is 17.3. The Balaban J connectivity index is 1.58. The van der Waals surface area contributed by atoms with Crippen molar-refractivity contribution in [1.82, 2.24) is 29.4 Å². The maximum Gasteiger partial charge on any atom is 0.244 e. The molecule has 0 aliphatic heterocycles. The highest BCUT2D eigenvalue weighted by Crippen LogP contribution is 2.27. The van der Waals surface area contributed by atoms with E-state index in [-0.39, 0.29) is 48.3 Å². The zero-order valence-electron chi connectivity index (χ0n) is 30.8. The lowest BCUT2D eigenvalue weighted by Crippen LogP contribution is -2.44. The highest BCUT2D eigenvalue weighted by atomic mass is 16.5. The van der Waals surface area contributed by atoms with Gasteiger partial charge in [0.05, 0.1) is 25.3 Å². The summed E-state index contributed by atoms with van der Waals surface area (Å²) in [6.07, 6.45) is 3.38. The molecule has 270 valence electrons. The summed E-state index contributed by atoms with van der Waals surface area (Å²) in [5.41, 5.74) is 1.97. The number of amides is 2. The number of unbranched alkanes of at least 4 members (excludes halogenated alkanes) is 2. The van der Waals surface area contributed by atoms with Gasteiger partial charge in [0.2, 0.25) is 11.8 Å². The maximum absolute atomic E-state index is 13.9. The average Bonchev–Trinajstić information content (AvgIpc) is 3.65. The van der Waals surface area contributed by atoms with Gasteiger partial charge in [0.25, 0.3) is 0 Å². The van der Waals surface area contributed by atoms with Crippen molar-refractivity contribution < 1.29 is 28.7 Å². The lowest BCUT2D eigenvalue weighted by molar-refractivity contribution is -0.136. The molecule has 12 heteroatoms. The van der Waals surface area contributed by atoms with E-state index in [9.17, 15) is 19.2 Å². The quantitative estimate of drug-likeness (QED) is 0.109. The van der Waals surface area contributed by atoms with Crippen molar-refractivity contribution in [3.05, 3.63) is 47.8 Å². The van der Waals surface area contributed by atoms with Gasteiger partial charge in [-0.1, -0.05) is 54.4 Å². The number of rotatable bonds is 19. The molecule has 4 rings (SSSR count). The number of hydrogen-bond donors (Lipinski definition) is 0. The highest BCUT2D eigenvalue weighted by molar-refractivity contribution is 6.08. The lowest BCUT2D eigenvalue weighted by atomic mass is 10.0. The zero-order valence-corrected chi connectivity index (χ0v) is 30.8. The monoisotopic (exact) mass is 688 g/mol. The van der Waals surface area contributed by atoms with Crippen LogP contribution in [0.2, 0.25) is 0 Å². The van der Waals surface area contributed by atoms with Crippen LogP contribution in [0.4, 0.5) is 0 Å². The Labute approximate surface area is 294 Å². The fourth-order valence-corrected chi connectivity index (χ4v) is 5.83. The molecule has 0 aliphatic rings. The van der Waals surface area contributed by atoms with E-state index in [1.165, 1.54) is 0 Å². The first-order valence-corrected chi connectivity index (χ1v) is 17.7. The molecule has 0 saturated heterocycles. The van der Waals surface area contributed by atoms with Crippen LogP contribution in [0.3, 0.4) is 0 Å². The Bertz CT molecular complexity index is 1690. The summed E-state index contributed by atoms with van der Waals surface area (Å²) in [7, 11) is 3.14. The van der Waals surface area contributed by atoms with Gasteiger partial charge in [-0.15, -0.1) is 0 Å². The molecule has 0 atom stereocenters. The predicted octanol–water partition coefficient (Wildman–Crippen LogP) is 6.04. The number of hydrogen-bond acceptors (Lipinski definition) is 8. The first-order chi connectivity index (χ1) is 23.9. The normalized spacial score (nSPS) is 11.5. The topological polar surface area (TPSA) is 129 Å². The van der Waals surface area contributed by atoms with Crippen molar-refractivity contribution in [3.8, 4) is 11.5 Å². The van der Waals surface area contributed by atoms with Crippen molar-refractivity contribution >= 4 is 45.2 Å². The molecule has 2 heterocycles. The van der Waals surface area contributed by atoms with E-state index < -0.39 is 0 Å². The molecule has 0 spiro atoms. The third kappa shape index (κ3) is 8.70. The largest absolute Gasteiger partial charge is 0.497 e. The van der Waals surface area contributed by atoms with Gasteiger partial charge in [-0.3, -0.25) is 28.5 Å². The summed E-state index contributed by atoms with van der Waals surface area (Å²) in [6.45, 7) is 13.0. The summed E-state index contributed by atoms with van der Waals surface area (Å²) in [5.74, 6) is 0.204. The van der Waals surface area contributed by atoms with Crippen molar-refractivity contribution in [3.63, 3.8) is 0 Å². The van der Waals surface area contributed by atoms with Gasteiger partial charge < -0.3 is 19.3 Å². The second-order valence-corrected chi connectivity index (χ2v) is 13.3. The van der Waals surface area contributed by atoms with E-state index >= 15 is 0 Å². The van der Waals surface area contributed by atoms with Crippen LogP contribution < -0.4 is 9.47 Å². The molecule has 2 aromatic heterocycles. The second-order valence-electron chi connectivity index (χ2n) is 13.3. The van der Waals surface area contributed by atoms with E-state index in [1.54, 1.807) is 57.6 Å². The lowest BCUT2D eigenvalue weighted by Gasteiger charge is -2.28. The standard InChI is InChI=1S/C38H52N6O6/c1-9-11-17-41(33(45)23-43-31-21-27(49-7)13-15-29(31)35(39-43)37(47)25(3)4)19-20-42(18-12-10-2)34(46)24-44-32-22-28(50-8)14-16-30(32)36(40-44)38(48)26(5)6/h13-16,21-22,25-26H,9-12,17-20,23-24H2,1-8H3. The number of Topliss-reactive ketones (excluding diaryl/α,β-unsaturated/α-hetero) is 2. The molecular weight excluding hydrogens is 636 g/mol. The smallest absolute Gasteiger partial charge is 0.244 e. The average molecular weight is 689 g/mol. The number of benzene rings is 2. The number of methoxy groups -OCH3 is 2. The Hall–Kier alpha value is -4.74. The van der Waals surface area contributed by atoms with E-state index in [4.69, 9.17) is 9.47 Å². The number of carbonyl (C=O) groups excluding carboxylic acids is 4. The molecule has 2 amide bonds. The molecular formula is C38H52N6O6. The van der Waals surface area contributed by atoms with Gasteiger partial charge in [-0.2, -0.15) is 10.2 Å². The fraction of sp³-hybridized carbons (Fsp3) is 0.526. The van der Waals surface area contributed by atoms with Gasteiger partial charge in [0.15, 0.2) is 11.6 Å². The molecule has 50 heavy (non-hydrogen) atoms. The van der Waals surface area contributed by atoms with Crippen LogP contribution in [0.15, 0.2) is 36.4 Å². The number of carbonyl (C=O) groups is 4. The van der Waals surface area contributed by atoms with Crippen molar-refractivity contribution in [1.29, 1.82) is 0 Å². The first-order valence-electron chi connectivity index (χ1n) is 17.7. The third-order valence-corrected chi connectivity index (χ3v) is 8.91. The predicted molar refractivity (Wildman–Crippen MR) is 194 cm³/mol. The van der Waals surface area contributed by atoms with Crippen LogP contribution in [0.25, 0.3) is 21.8 Å². The van der Waals surface area contributed by atoms with Crippen molar-refractivity contribution in [2.24, 2.45) is 11.8 Å². The summed E-state index contributed by atoms with van der Waals surface area (Å²) in [5, 5.41) is 10.6. The van der Waals surface area contributed by atoms with Crippen molar-refractivity contribution in [2.45, 2.75) is 80.3 Å². The van der Waals surface area contributed by atoms with E-state index in [0.29, 0.717) is 70.9 Å². The molecule has 12 nitrogen and oxygen atoms in total. The van der Waals surface area contributed by atoms with E-state index in [0.717, 1.165) is 25.7 Å². The van der Waals surface area contributed by atoms with Crippen LogP contribution in [0, 0.1) is 11.8 Å². The molecule has 0 unspecified atom stereocenters. The number of ether oxygens (including phenoxy) is 2. The van der Waals surface area contributed by atoms with Crippen LogP contribution in [-0.2, 0) is 22.7 Å². The molecule has 0 bridgehead atoms. The number of nitrogens with zero attached hydrogens (tertiary/aromatic N) is 6. The summed E-state index contributed by atoms with van der Waals surface area (Å²) in [4.78, 5) is 57.5. The van der Waals surface area contributed by atoms with Gasteiger partial charge in [-0.25, -0.2) is 0 Å². The molecule has 0 N–H and O–H groups in total. The molecule has 0 fully saturated rings. The summed E-state index contributed by atoms with van der Waals surface area (Å²) < 4.78 is 14.0. The molecule has 4 aromatic rings. The van der Waals surface area contributed by atoms with Crippen molar-refractivity contribution in [2.75, 3.05) is 40.4 Å². The minimum atomic E-state index is -0.254. The van der Waals surface area contributed by atoms with Gasteiger partial charge in [0.1, 0.15) is 36.0 Å². The van der Waals surface area contributed by atoms with E-state index in [2.05, 4.69) is 24.0 Å². The SMILES string of the molecule is CCCCN(CCN(CCCC)C(=O)Cn1nc(C(=O)C(C)C)c2ccc(OC)cc21)C(=O)Cn1nc(C(=O)C(C)C)c2ccc(OC)cc21. The van der Waals surface area contributed by atoms with Crippen LogP contribution in [0.5, 0.6) is 11.5 Å². The Morgan fingerprint density at radius 2 is 1.02 bits per heavy atom. The Kier molecular flexibility index (Phi) is 13.1. The van der Waals surface area contributed by atoms with Crippen LogP contribution >= 0.6 is 0 Å². The molecule has 0 saturated carbocycles. The Morgan fingerprint density at radius 1 is 0.640 bits per heavy atom. The number of fused-ring (bicyclic) bond motifs is 2. The Morgan fingerprint density at radius 3 is 1.34 bits per heavy atom. The van der Waals surface area contributed by atoms with Gasteiger partial charge in [-0.05, 0) is 37.1 Å².